The van der Waals surface area contributed by atoms with Crippen LogP contribution in [0.5, 0.6) is 11.5 Å². The highest BCUT2D eigenvalue weighted by Crippen LogP contribution is 2.49. The van der Waals surface area contributed by atoms with Gasteiger partial charge in [-0.1, -0.05) is 6.42 Å². The van der Waals surface area contributed by atoms with Crippen molar-refractivity contribution in [1.82, 2.24) is 5.32 Å². The van der Waals surface area contributed by atoms with Gasteiger partial charge in [-0.3, -0.25) is 9.59 Å². The molecule has 6 nitrogen and oxygen atoms in total. The fourth-order valence-corrected chi connectivity index (χ4v) is 5.48. The number of anilines is 1. The van der Waals surface area contributed by atoms with Crippen LogP contribution in [0, 0.1) is 23.7 Å². The standard InChI is InChI=1S/C22H30N2O4/c1-13(18-9-14-4-5-15(18)8-14)23-22(26)16-10-21(25)24(12-16)19-7-6-17(27-2)11-20(19)28-3/h6-7,11,13-16,18H,4-5,8-10,12H2,1-3H3,(H,23,26). The molecule has 6 heteroatoms. The fraction of sp³-hybridized carbons (Fsp3) is 0.636. The SMILES string of the molecule is COc1ccc(N2CC(C(=O)NC(C)C3CC4CCC3C4)CC2=O)c(OC)c1. The topological polar surface area (TPSA) is 67.9 Å². The van der Waals surface area contributed by atoms with Crippen LogP contribution < -0.4 is 19.7 Å². The number of carbonyl (C=O) groups excluding carboxylic acids is 2. The van der Waals surface area contributed by atoms with E-state index in [1.807, 2.05) is 6.07 Å². The van der Waals surface area contributed by atoms with Crippen molar-refractivity contribution >= 4 is 17.5 Å². The number of ether oxygens (including phenoxy) is 2. The minimum atomic E-state index is -0.319. The van der Waals surface area contributed by atoms with Crippen molar-refractivity contribution in [1.29, 1.82) is 0 Å². The second kappa shape index (κ2) is 7.64. The average molecular weight is 386 g/mol. The molecule has 2 saturated carbocycles. The van der Waals surface area contributed by atoms with Crippen LogP contribution in [0.2, 0.25) is 0 Å². The van der Waals surface area contributed by atoms with Gasteiger partial charge in [0.15, 0.2) is 0 Å². The molecule has 4 rings (SSSR count). The Hall–Kier alpha value is -2.24. The van der Waals surface area contributed by atoms with Gasteiger partial charge in [0.1, 0.15) is 11.5 Å². The molecule has 28 heavy (non-hydrogen) atoms. The molecule has 152 valence electrons. The molecule has 1 heterocycles. The van der Waals surface area contributed by atoms with Gasteiger partial charge in [-0.05, 0) is 56.1 Å². The molecule has 1 aromatic rings. The van der Waals surface area contributed by atoms with Crippen molar-refractivity contribution < 1.29 is 19.1 Å². The highest BCUT2D eigenvalue weighted by atomic mass is 16.5. The molecule has 0 spiro atoms. The fourth-order valence-electron chi connectivity index (χ4n) is 5.48. The quantitative estimate of drug-likeness (QED) is 0.816. The summed E-state index contributed by atoms with van der Waals surface area (Å²) in [6, 6.07) is 5.55. The highest BCUT2D eigenvalue weighted by molar-refractivity contribution is 6.01. The third kappa shape index (κ3) is 3.45. The summed E-state index contributed by atoms with van der Waals surface area (Å²) < 4.78 is 10.7. The zero-order valence-electron chi connectivity index (χ0n) is 16.9. The Bertz CT molecular complexity index is 765. The molecule has 0 aromatic heterocycles. The zero-order valence-corrected chi connectivity index (χ0v) is 16.9. The van der Waals surface area contributed by atoms with Crippen LogP contribution in [-0.2, 0) is 9.59 Å². The van der Waals surface area contributed by atoms with Crippen LogP contribution in [-0.4, -0.2) is 38.6 Å². The van der Waals surface area contributed by atoms with E-state index >= 15 is 0 Å². The summed E-state index contributed by atoms with van der Waals surface area (Å²) >= 11 is 0. The number of fused-ring (bicyclic) bond motifs is 2. The normalized spacial score (nSPS) is 29.8. The maximum absolute atomic E-state index is 12.9. The Balaban J connectivity index is 1.41. The van der Waals surface area contributed by atoms with Gasteiger partial charge in [0.25, 0.3) is 0 Å². The summed E-state index contributed by atoms with van der Waals surface area (Å²) in [7, 11) is 3.16. The van der Waals surface area contributed by atoms with E-state index in [4.69, 9.17) is 9.47 Å². The molecule has 2 amide bonds. The van der Waals surface area contributed by atoms with Gasteiger partial charge in [-0.25, -0.2) is 0 Å². The predicted octanol–water partition coefficient (Wildman–Crippen LogP) is 3.00. The van der Waals surface area contributed by atoms with Gasteiger partial charge >= 0.3 is 0 Å². The maximum Gasteiger partial charge on any atom is 0.227 e. The third-order valence-corrected chi connectivity index (χ3v) is 6.98. The van der Waals surface area contributed by atoms with Crippen molar-refractivity contribution in [2.75, 3.05) is 25.7 Å². The van der Waals surface area contributed by atoms with Crippen molar-refractivity contribution in [2.24, 2.45) is 23.7 Å². The van der Waals surface area contributed by atoms with Gasteiger partial charge in [0.05, 0.1) is 25.8 Å². The van der Waals surface area contributed by atoms with Crippen molar-refractivity contribution in [2.45, 2.75) is 45.1 Å². The Kier molecular flexibility index (Phi) is 5.21. The van der Waals surface area contributed by atoms with E-state index in [1.165, 1.54) is 25.7 Å². The van der Waals surface area contributed by atoms with Crippen LogP contribution in [0.1, 0.15) is 39.0 Å². The first-order valence-corrected chi connectivity index (χ1v) is 10.3. The summed E-state index contributed by atoms with van der Waals surface area (Å²) in [5.74, 6) is 3.10. The van der Waals surface area contributed by atoms with Crippen LogP contribution in [0.25, 0.3) is 0 Å². The molecule has 1 aliphatic heterocycles. The monoisotopic (exact) mass is 386 g/mol. The largest absolute Gasteiger partial charge is 0.497 e. The van der Waals surface area contributed by atoms with Crippen molar-refractivity contribution in [3.05, 3.63) is 18.2 Å². The van der Waals surface area contributed by atoms with Crippen LogP contribution in [0.3, 0.4) is 0 Å². The van der Waals surface area contributed by atoms with Crippen LogP contribution in [0.4, 0.5) is 5.69 Å². The van der Waals surface area contributed by atoms with Crippen molar-refractivity contribution in [3.63, 3.8) is 0 Å². The molecule has 2 bridgehead atoms. The molecular weight excluding hydrogens is 356 g/mol. The van der Waals surface area contributed by atoms with Gasteiger partial charge in [-0.15, -0.1) is 0 Å². The molecule has 3 fully saturated rings. The number of amides is 2. The number of carbonyl (C=O) groups is 2. The Morgan fingerprint density at radius 1 is 1.21 bits per heavy atom. The average Bonchev–Trinajstić information content (AvgIpc) is 3.43. The molecular formula is C22H30N2O4. The number of hydrogen-bond acceptors (Lipinski definition) is 4. The van der Waals surface area contributed by atoms with E-state index in [9.17, 15) is 9.59 Å². The van der Waals surface area contributed by atoms with E-state index in [1.54, 1.807) is 31.3 Å². The molecule has 1 N–H and O–H groups in total. The molecule has 2 aliphatic carbocycles. The number of rotatable bonds is 6. The molecule has 1 saturated heterocycles. The summed E-state index contributed by atoms with van der Waals surface area (Å²) in [5, 5.41) is 3.22. The first kappa shape index (κ1) is 19.1. The second-order valence-electron chi connectivity index (χ2n) is 8.58. The molecule has 5 atom stereocenters. The Morgan fingerprint density at radius 2 is 2.04 bits per heavy atom. The maximum atomic E-state index is 12.9. The van der Waals surface area contributed by atoms with E-state index in [0.29, 0.717) is 29.6 Å². The zero-order chi connectivity index (χ0) is 19.8. The predicted molar refractivity (Wildman–Crippen MR) is 107 cm³/mol. The van der Waals surface area contributed by atoms with Gasteiger partial charge < -0.3 is 19.7 Å². The molecule has 3 aliphatic rings. The number of benzene rings is 1. The number of nitrogens with zero attached hydrogens (tertiary/aromatic N) is 1. The summed E-state index contributed by atoms with van der Waals surface area (Å²) in [6.45, 7) is 2.51. The van der Waals surface area contributed by atoms with Crippen LogP contribution >= 0.6 is 0 Å². The van der Waals surface area contributed by atoms with E-state index in [-0.39, 0.29) is 30.2 Å². The Labute approximate surface area is 166 Å². The van der Waals surface area contributed by atoms with Crippen molar-refractivity contribution in [3.8, 4) is 11.5 Å². The van der Waals surface area contributed by atoms with E-state index in [2.05, 4.69) is 12.2 Å². The van der Waals surface area contributed by atoms with Gasteiger partial charge in [0, 0.05) is 25.1 Å². The lowest BCUT2D eigenvalue weighted by molar-refractivity contribution is -0.127. The van der Waals surface area contributed by atoms with E-state index in [0.717, 1.165) is 11.8 Å². The van der Waals surface area contributed by atoms with Gasteiger partial charge in [-0.2, -0.15) is 0 Å². The molecule has 5 unspecified atom stereocenters. The van der Waals surface area contributed by atoms with Gasteiger partial charge in [0.2, 0.25) is 11.8 Å². The molecule has 1 aromatic carbocycles. The molecule has 0 radical (unpaired) electrons. The Morgan fingerprint density at radius 3 is 2.68 bits per heavy atom. The smallest absolute Gasteiger partial charge is 0.227 e. The number of nitrogens with one attached hydrogen (secondary N) is 1. The summed E-state index contributed by atoms with van der Waals surface area (Å²) in [6.07, 6.45) is 5.48. The number of hydrogen-bond donors (Lipinski definition) is 1. The highest BCUT2D eigenvalue weighted by Gasteiger charge is 2.43. The van der Waals surface area contributed by atoms with Crippen LogP contribution in [0.15, 0.2) is 18.2 Å². The first-order valence-electron chi connectivity index (χ1n) is 10.3. The lowest BCUT2D eigenvalue weighted by atomic mass is 9.84. The third-order valence-electron chi connectivity index (χ3n) is 6.98. The summed E-state index contributed by atoms with van der Waals surface area (Å²) in [4.78, 5) is 27.1. The second-order valence-corrected chi connectivity index (χ2v) is 8.58. The van der Waals surface area contributed by atoms with E-state index < -0.39 is 0 Å². The minimum absolute atomic E-state index is 0.00129. The first-order chi connectivity index (χ1) is 13.5. The minimum Gasteiger partial charge on any atom is -0.497 e. The lowest BCUT2D eigenvalue weighted by Crippen LogP contribution is -2.43. The summed E-state index contributed by atoms with van der Waals surface area (Å²) in [5.41, 5.74) is 0.685. The lowest BCUT2D eigenvalue weighted by Gasteiger charge is -2.29. The number of methoxy groups -OCH3 is 2.